The molecule has 4 heteroatoms. The number of pyridine rings is 1. The zero-order chi connectivity index (χ0) is 14.6. The van der Waals surface area contributed by atoms with Crippen LogP contribution in [0.2, 0.25) is 0 Å². The van der Waals surface area contributed by atoms with Crippen LogP contribution in [-0.2, 0) is 16.8 Å². The van der Waals surface area contributed by atoms with E-state index in [0.717, 1.165) is 5.69 Å². The molecule has 0 radical (unpaired) electrons. The average Bonchev–Trinajstić information content (AvgIpc) is 2.42. The summed E-state index contributed by atoms with van der Waals surface area (Å²) < 4.78 is 13.5. The summed E-state index contributed by atoms with van der Waals surface area (Å²) in [6, 6.07) is 11.8. The Morgan fingerprint density at radius 1 is 1.20 bits per heavy atom. The van der Waals surface area contributed by atoms with Crippen LogP contribution < -0.4 is 5.32 Å². The average molecular weight is 272 g/mol. The largest absolute Gasteiger partial charge is 0.345 e. The molecule has 104 valence electrons. The number of amides is 1. The topological polar surface area (TPSA) is 42.0 Å². The molecule has 0 unspecified atom stereocenters. The van der Waals surface area contributed by atoms with E-state index in [1.807, 2.05) is 32.0 Å². The molecule has 1 aromatic heterocycles. The second-order valence-corrected chi connectivity index (χ2v) is 5.16. The van der Waals surface area contributed by atoms with Gasteiger partial charge in [0, 0.05) is 6.20 Å². The van der Waals surface area contributed by atoms with E-state index in [9.17, 15) is 9.18 Å². The van der Waals surface area contributed by atoms with Gasteiger partial charge in [-0.3, -0.25) is 9.78 Å². The minimum absolute atomic E-state index is 0.0168. The van der Waals surface area contributed by atoms with Crippen LogP contribution in [0.3, 0.4) is 0 Å². The zero-order valence-electron chi connectivity index (χ0n) is 11.6. The molecule has 20 heavy (non-hydrogen) atoms. The minimum atomic E-state index is -0.594. The number of hydrogen-bond donors (Lipinski definition) is 1. The number of rotatable bonds is 4. The summed E-state index contributed by atoms with van der Waals surface area (Å²) in [5.41, 5.74) is 0.563. The standard InChI is InChI=1S/C16H17FN2O/c1-16(2,14-9-5-6-10-18-14)19-15(20)11-12-7-3-4-8-13(12)17/h3-10H,11H2,1-2H3,(H,19,20). The Balaban J connectivity index is 2.07. The van der Waals surface area contributed by atoms with Gasteiger partial charge in [-0.2, -0.15) is 0 Å². The lowest BCUT2D eigenvalue weighted by atomic mass is 9.99. The summed E-state index contributed by atoms with van der Waals surface area (Å²) in [5, 5.41) is 2.88. The lowest BCUT2D eigenvalue weighted by Gasteiger charge is -2.25. The number of carbonyl (C=O) groups is 1. The number of nitrogens with zero attached hydrogens (tertiary/aromatic N) is 1. The Hall–Kier alpha value is -2.23. The van der Waals surface area contributed by atoms with Gasteiger partial charge in [0.15, 0.2) is 0 Å². The van der Waals surface area contributed by atoms with E-state index >= 15 is 0 Å². The lowest BCUT2D eigenvalue weighted by Crippen LogP contribution is -2.42. The number of benzene rings is 1. The van der Waals surface area contributed by atoms with Crippen LogP contribution in [0.25, 0.3) is 0 Å². The molecule has 1 heterocycles. The monoisotopic (exact) mass is 272 g/mol. The number of carbonyl (C=O) groups excluding carboxylic acids is 1. The van der Waals surface area contributed by atoms with E-state index in [1.54, 1.807) is 24.4 Å². The Bertz CT molecular complexity index is 596. The smallest absolute Gasteiger partial charge is 0.225 e. The normalized spacial score (nSPS) is 11.2. The molecular formula is C16H17FN2O. The number of halogens is 1. The predicted octanol–water partition coefficient (Wildman–Crippen LogP) is 2.81. The van der Waals surface area contributed by atoms with Crippen molar-refractivity contribution in [3.05, 3.63) is 65.7 Å². The minimum Gasteiger partial charge on any atom is -0.345 e. The fraction of sp³-hybridized carbons (Fsp3) is 0.250. The second-order valence-electron chi connectivity index (χ2n) is 5.16. The van der Waals surface area contributed by atoms with Crippen molar-refractivity contribution in [2.45, 2.75) is 25.8 Å². The van der Waals surface area contributed by atoms with Gasteiger partial charge < -0.3 is 5.32 Å². The van der Waals surface area contributed by atoms with Crippen LogP contribution in [0.5, 0.6) is 0 Å². The third kappa shape index (κ3) is 3.41. The van der Waals surface area contributed by atoms with Gasteiger partial charge in [-0.1, -0.05) is 24.3 Å². The molecule has 0 aliphatic heterocycles. The third-order valence-corrected chi connectivity index (χ3v) is 3.07. The molecule has 0 spiro atoms. The lowest BCUT2D eigenvalue weighted by molar-refractivity contribution is -0.122. The maximum atomic E-state index is 13.5. The molecule has 1 amide bonds. The SMILES string of the molecule is CC(C)(NC(=O)Cc1ccccc1F)c1ccccn1. The van der Waals surface area contributed by atoms with E-state index in [1.165, 1.54) is 6.07 Å². The maximum Gasteiger partial charge on any atom is 0.225 e. The van der Waals surface area contributed by atoms with E-state index < -0.39 is 5.54 Å². The van der Waals surface area contributed by atoms with Gasteiger partial charge in [0.1, 0.15) is 5.82 Å². The Kier molecular flexibility index (Phi) is 4.13. The molecule has 1 aromatic carbocycles. The fourth-order valence-electron chi connectivity index (χ4n) is 2.00. The van der Waals surface area contributed by atoms with E-state index in [-0.39, 0.29) is 18.1 Å². The van der Waals surface area contributed by atoms with Crippen molar-refractivity contribution in [1.82, 2.24) is 10.3 Å². The molecule has 0 atom stereocenters. The summed E-state index contributed by atoms with van der Waals surface area (Å²) in [5.74, 6) is -0.593. The first-order valence-corrected chi connectivity index (χ1v) is 6.45. The van der Waals surface area contributed by atoms with Crippen molar-refractivity contribution in [2.75, 3.05) is 0 Å². The molecular weight excluding hydrogens is 255 g/mol. The number of hydrogen-bond acceptors (Lipinski definition) is 2. The third-order valence-electron chi connectivity index (χ3n) is 3.07. The van der Waals surface area contributed by atoms with Crippen molar-refractivity contribution < 1.29 is 9.18 Å². The summed E-state index contributed by atoms with van der Waals surface area (Å²) in [6.45, 7) is 3.74. The molecule has 0 fully saturated rings. The van der Waals surface area contributed by atoms with Crippen LogP contribution in [0.1, 0.15) is 25.1 Å². The first kappa shape index (κ1) is 14.2. The van der Waals surface area contributed by atoms with Gasteiger partial charge >= 0.3 is 0 Å². The summed E-state index contributed by atoms with van der Waals surface area (Å²) >= 11 is 0. The number of nitrogens with one attached hydrogen (secondary N) is 1. The van der Waals surface area contributed by atoms with Crippen LogP contribution in [-0.4, -0.2) is 10.9 Å². The highest BCUT2D eigenvalue weighted by Gasteiger charge is 2.24. The summed E-state index contributed by atoms with van der Waals surface area (Å²) in [6.07, 6.45) is 1.70. The van der Waals surface area contributed by atoms with Crippen molar-refractivity contribution >= 4 is 5.91 Å². The molecule has 0 saturated heterocycles. The van der Waals surface area contributed by atoms with Gasteiger partial charge in [0.25, 0.3) is 0 Å². The Morgan fingerprint density at radius 3 is 2.55 bits per heavy atom. The molecule has 2 rings (SSSR count). The predicted molar refractivity (Wildman–Crippen MR) is 75.5 cm³/mol. The molecule has 0 aliphatic carbocycles. The highest BCUT2D eigenvalue weighted by atomic mass is 19.1. The van der Waals surface area contributed by atoms with E-state index in [2.05, 4.69) is 10.3 Å². The van der Waals surface area contributed by atoms with Gasteiger partial charge in [-0.15, -0.1) is 0 Å². The van der Waals surface area contributed by atoms with Crippen LogP contribution in [0.15, 0.2) is 48.7 Å². The van der Waals surface area contributed by atoms with Gasteiger partial charge in [0.05, 0.1) is 17.7 Å². The second kappa shape index (κ2) is 5.82. The van der Waals surface area contributed by atoms with Crippen molar-refractivity contribution in [1.29, 1.82) is 0 Å². The first-order chi connectivity index (χ1) is 9.49. The quantitative estimate of drug-likeness (QED) is 0.930. The van der Waals surface area contributed by atoms with Crippen LogP contribution in [0, 0.1) is 5.82 Å². The van der Waals surface area contributed by atoms with Gasteiger partial charge in [-0.05, 0) is 37.6 Å². The number of aromatic nitrogens is 1. The van der Waals surface area contributed by atoms with E-state index in [4.69, 9.17) is 0 Å². The molecule has 1 N–H and O–H groups in total. The first-order valence-electron chi connectivity index (χ1n) is 6.45. The highest BCUT2D eigenvalue weighted by Crippen LogP contribution is 2.17. The van der Waals surface area contributed by atoms with E-state index in [0.29, 0.717) is 5.56 Å². The van der Waals surface area contributed by atoms with Crippen molar-refractivity contribution in [3.8, 4) is 0 Å². The van der Waals surface area contributed by atoms with Crippen LogP contribution >= 0.6 is 0 Å². The van der Waals surface area contributed by atoms with Crippen molar-refractivity contribution in [2.24, 2.45) is 0 Å². The molecule has 0 saturated carbocycles. The molecule has 2 aromatic rings. The molecule has 0 aliphatic rings. The van der Waals surface area contributed by atoms with Crippen molar-refractivity contribution in [3.63, 3.8) is 0 Å². The Labute approximate surface area is 117 Å². The molecule has 3 nitrogen and oxygen atoms in total. The summed E-state index contributed by atoms with van der Waals surface area (Å²) in [4.78, 5) is 16.3. The van der Waals surface area contributed by atoms with Crippen LogP contribution in [0.4, 0.5) is 4.39 Å². The highest BCUT2D eigenvalue weighted by molar-refractivity contribution is 5.79. The zero-order valence-corrected chi connectivity index (χ0v) is 11.6. The summed E-state index contributed by atoms with van der Waals surface area (Å²) in [7, 11) is 0. The Morgan fingerprint density at radius 2 is 1.90 bits per heavy atom. The fourth-order valence-corrected chi connectivity index (χ4v) is 2.00. The maximum absolute atomic E-state index is 13.5. The molecule has 0 bridgehead atoms. The van der Waals surface area contributed by atoms with Gasteiger partial charge in [0.2, 0.25) is 5.91 Å². The van der Waals surface area contributed by atoms with Gasteiger partial charge in [-0.25, -0.2) is 4.39 Å².